The van der Waals surface area contributed by atoms with E-state index in [0.29, 0.717) is 10.3 Å². The number of hydrogen-bond donors (Lipinski definition) is 0. The first-order valence-corrected chi connectivity index (χ1v) is 5.86. The second-order valence-corrected chi connectivity index (χ2v) is 4.50. The van der Waals surface area contributed by atoms with E-state index >= 15 is 0 Å². The van der Waals surface area contributed by atoms with Gasteiger partial charge in [0.25, 0.3) is 5.22 Å². The van der Waals surface area contributed by atoms with E-state index in [1.807, 2.05) is 29.7 Å². The molecule has 0 amide bonds. The van der Waals surface area contributed by atoms with Gasteiger partial charge in [-0.15, -0.1) is 0 Å². The van der Waals surface area contributed by atoms with Gasteiger partial charge in [0.2, 0.25) is 0 Å². The average Bonchev–Trinajstić information content (AvgIpc) is 2.60. The maximum absolute atomic E-state index is 8.33. The minimum absolute atomic E-state index is 0.619. The molecule has 0 atom stereocenters. The van der Waals surface area contributed by atoms with Gasteiger partial charge in [-0.3, -0.25) is 0 Å². The van der Waals surface area contributed by atoms with E-state index in [0.717, 1.165) is 11.1 Å². The Morgan fingerprint density at radius 1 is 1.43 bits per heavy atom. The summed E-state index contributed by atoms with van der Waals surface area (Å²) in [7, 11) is 0. The Balaban J connectivity index is 2.15. The highest BCUT2D eigenvalue weighted by Gasteiger charge is 2.04. The maximum Gasteiger partial charge on any atom is 0.257 e. The monoisotopic (exact) mass is 222 g/mol. The number of nitrogens with zero attached hydrogens (tertiary/aromatic N) is 2. The Kier molecular flexibility index (Phi) is 2.96. The van der Waals surface area contributed by atoms with Gasteiger partial charge in [0.15, 0.2) is 5.58 Å². The van der Waals surface area contributed by atoms with Crippen LogP contribution in [-0.2, 0) is 0 Å². The van der Waals surface area contributed by atoms with Gasteiger partial charge < -0.3 is 4.42 Å². The summed E-state index contributed by atoms with van der Waals surface area (Å²) >= 11 is 2.61. The average molecular weight is 222 g/mol. The summed E-state index contributed by atoms with van der Waals surface area (Å²) in [6.07, 6.45) is 0. The van der Waals surface area contributed by atoms with Crippen LogP contribution in [0, 0.1) is 10.7 Å². The van der Waals surface area contributed by atoms with Crippen molar-refractivity contribution in [1.29, 1.82) is 5.26 Å². The molecule has 0 fully saturated rings. The van der Waals surface area contributed by atoms with Crippen molar-refractivity contribution in [3.63, 3.8) is 0 Å². The summed E-state index contributed by atoms with van der Waals surface area (Å²) in [6.45, 7) is 0. The maximum atomic E-state index is 8.33. The Labute approximate surface area is 89.5 Å². The van der Waals surface area contributed by atoms with Crippen LogP contribution in [0.5, 0.6) is 0 Å². The highest BCUT2D eigenvalue weighted by atomic mass is 32.2. The van der Waals surface area contributed by atoms with Crippen molar-refractivity contribution in [2.75, 3.05) is 5.08 Å². The lowest BCUT2D eigenvalue weighted by molar-refractivity contribution is 0.490. The van der Waals surface area contributed by atoms with Crippen molar-refractivity contribution in [2.24, 2.45) is 0 Å². The lowest BCUT2D eigenvalue weighted by Gasteiger charge is -1.87. The zero-order valence-corrected chi connectivity index (χ0v) is 8.77. The number of oxazole rings is 1. The van der Waals surface area contributed by atoms with Gasteiger partial charge >= 0.3 is 0 Å². The number of para-hydroxylation sites is 2. The van der Waals surface area contributed by atoms with E-state index in [2.05, 4.69) is 4.98 Å². The lowest BCUT2D eigenvalue weighted by Crippen LogP contribution is -1.70. The Morgan fingerprint density at radius 2 is 2.29 bits per heavy atom. The van der Waals surface area contributed by atoms with Crippen LogP contribution in [-0.4, -0.2) is 10.1 Å². The quantitative estimate of drug-likeness (QED) is 0.345. The number of nitriles is 1. The normalized spacial score (nSPS) is 10.2. The Hall–Kier alpha value is -1.12. The molecule has 0 aliphatic rings. The first kappa shape index (κ1) is 9.44. The van der Waals surface area contributed by atoms with Gasteiger partial charge in [-0.2, -0.15) is 5.26 Å². The predicted octanol–water partition coefficient (Wildman–Crippen LogP) is 3.09. The van der Waals surface area contributed by atoms with Crippen LogP contribution < -0.4 is 0 Å². The number of fused-ring (bicyclic) bond motifs is 1. The summed E-state index contributed by atoms with van der Waals surface area (Å²) in [6, 6.07) is 7.61. The van der Waals surface area contributed by atoms with Gasteiger partial charge in [-0.1, -0.05) is 23.9 Å². The second kappa shape index (κ2) is 4.40. The summed E-state index contributed by atoms with van der Waals surface area (Å²) in [5.41, 5.74) is 1.65. The van der Waals surface area contributed by atoms with Crippen molar-refractivity contribution in [3.8, 4) is 5.40 Å². The van der Waals surface area contributed by atoms with E-state index in [-0.39, 0.29) is 0 Å². The fraction of sp³-hybridized carbons (Fsp3) is 0.111. The Bertz CT molecular complexity index is 442. The first-order valence-electron chi connectivity index (χ1n) is 3.89. The highest BCUT2D eigenvalue weighted by molar-refractivity contribution is 8.18. The summed E-state index contributed by atoms with van der Waals surface area (Å²) < 4.78 is 5.44. The molecule has 5 heteroatoms. The number of rotatable bonds is 3. The molecule has 0 aliphatic heterocycles. The van der Waals surface area contributed by atoms with Gasteiger partial charge in [0.1, 0.15) is 10.9 Å². The van der Waals surface area contributed by atoms with Crippen LogP contribution in [0.2, 0.25) is 0 Å². The van der Waals surface area contributed by atoms with Crippen LogP contribution >= 0.6 is 23.5 Å². The topological polar surface area (TPSA) is 49.8 Å². The smallest absolute Gasteiger partial charge is 0.257 e. The molecule has 14 heavy (non-hydrogen) atoms. The summed E-state index contributed by atoms with van der Waals surface area (Å²) in [5, 5.41) is 11.6. The molecule has 0 spiro atoms. The molecular formula is C9H6N2OS2. The molecule has 2 aromatic rings. The van der Waals surface area contributed by atoms with Gasteiger partial charge in [0, 0.05) is 0 Å². The Morgan fingerprint density at radius 3 is 3.07 bits per heavy atom. The fourth-order valence-electron chi connectivity index (χ4n) is 1.02. The lowest BCUT2D eigenvalue weighted by atomic mass is 10.3. The van der Waals surface area contributed by atoms with Crippen LogP contribution in [0.25, 0.3) is 11.1 Å². The van der Waals surface area contributed by atoms with E-state index in [1.165, 1.54) is 23.5 Å². The third-order valence-electron chi connectivity index (χ3n) is 1.58. The molecule has 1 aromatic heterocycles. The first-order chi connectivity index (χ1) is 6.90. The van der Waals surface area contributed by atoms with Crippen LogP contribution in [0.15, 0.2) is 33.9 Å². The molecule has 70 valence electrons. The van der Waals surface area contributed by atoms with Crippen molar-refractivity contribution in [3.05, 3.63) is 24.3 Å². The summed E-state index contributed by atoms with van der Waals surface area (Å²) in [4.78, 5) is 4.26. The largest absolute Gasteiger partial charge is 0.431 e. The van der Waals surface area contributed by atoms with E-state index in [1.54, 1.807) is 0 Å². The van der Waals surface area contributed by atoms with Crippen molar-refractivity contribution in [2.45, 2.75) is 5.22 Å². The number of hydrogen-bond acceptors (Lipinski definition) is 5. The number of thiocyanates is 1. The minimum Gasteiger partial charge on any atom is -0.431 e. The van der Waals surface area contributed by atoms with Gasteiger partial charge in [-0.25, -0.2) is 4.98 Å². The molecule has 0 radical (unpaired) electrons. The number of benzene rings is 1. The summed E-state index contributed by atoms with van der Waals surface area (Å²) in [5.74, 6) is 0. The SMILES string of the molecule is N#CSCSc1nc2ccccc2o1. The molecule has 0 saturated carbocycles. The highest BCUT2D eigenvalue weighted by Crippen LogP contribution is 2.25. The van der Waals surface area contributed by atoms with E-state index < -0.39 is 0 Å². The number of aromatic nitrogens is 1. The van der Waals surface area contributed by atoms with Gasteiger partial charge in [0.05, 0.1) is 5.08 Å². The molecule has 1 heterocycles. The predicted molar refractivity (Wildman–Crippen MR) is 57.9 cm³/mol. The molecular weight excluding hydrogens is 216 g/mol. The van der Waals surface area contributed by atoms with Crippen LogP contribution in [0.3, 0.4) is 0 Å². The number of thioether (sulfide) groups is 2. The van der Waals surface area contributed by atoms with Crippen LogP contribution in [0.4, 0.5) is 0 Å². The third-order valence-corrected chi connectivity index (χ3v) is 3.07. The standard InChI is InChI=1S/C9H6N2OS2/c10-5-13-6-14-9-11-7-3-1-2-4-8(7)12-9/h1-4H,6H2. The van der Waals surface area contributed by atoms with Crippen molar-refractivity contribution in [1.82, 2.24) is 4.98 Å². The van der Waals surface area contributed by atoms with Crippen molar-refractivity contribution >= 4 is 34.6 Å². The zero-order valence-electron chi connectivity index (χ0n) is 7.14. The molecule has 0 aliphatic carbocycles. The molecule has 0 N–H and O–H groups in total. The minimum atomic E-state index is 0.619. The molecule has 0 saturated heterocycles. The molecule has 2 rings (SSSR count). The molecule has 1 aromatic carbocycles. The van der Waals surface area contributed by atoms with Crippen molar-refractivity contribution < 1.29 is 4.42 Å². The van der Waals surface area contributed by atoms with E-state index in [4.69, 9.17) is 9.68 Å². The fourth-order valence-corrected chi connectivity index (χ4v) is 2.18. The molecule has 0 bridgehead atoms. The van der Waals surface area contributed by atoms with E-state index in [9.17, 15) is 0 Å². The molecule has 0 unspecified atom stereocenters. The van der Waals surface area contributed by atoms with Crippen LogP contribution in [0.1, 0.15) is 0 Å². The zero-order chi connectivity index (χ0) is 9.80. The molecule has 3 nitrogen and oxygen atoms in total. The second-order valence-electron chi connectivity index (χ2n) is 2.45. The third kappa shape index (κ3) is 2.03. The van der Waals surface area contributed by atoms with Gasteiger partial charge in [-0.05, 0) is 23.9 Å².